The van der Waals surface area contributed by atoms with Gasteiger partial charge in [0, 0.05) is 5.92 Å². The second-order valence-electron chi connectivity index (χ2n) is 5.67. The van der Waals surface area contributed by atoms with Gasteiger partial charge in [-0.15, -0.1) is 10.2 Å². The van der Waals surface area contributed by atoms with E-state index in [2.05, 4.69) is 20.5 Å². The molecular formula is C14H11F3N6OS2. The van der Waals surface area contributed by atoms with Crippen LogP contribution in [0, 0.1) is 17.5 Å². The normalized spacial score (nSPS) is 14.1. The summed E-state index contributed by atoms with van der Waals surface area (Å²) in [7, 11) is 0. The van der Waals surface area contributed by atoms with Crippen molar-refractivity contribution in [2.75, 3.05) is 16.9 Å². The molecule has 4 rings (SSSR count). The number of fused-ring (bicyclic) bond motifs is 1. The maximum atomic E-state index is 13.7. The second-order valence-corrected chi connectivity index (χ2v) is 7.65. The van der Waals surface area contributed by atoms with Crippen molar-refractivity contribution in [3.05, 3.63) is 29.3 Å². The SMILES string of the molecule is Nn1c(SCC(=O)Nc2nc3c(F)c(F)c(F)cc3s2)nnc1C1CC1. The van der Waals surface area contributed by atoms with Gasteiger partial charge in [-0.3, -0.25) is 4.79 Å². The van der Waals surface area contributed by atoms with Crippen molar-refractivity contribution >= 4 is 44.4 Å². The number of hydrogen-bond acceptors (Lipinski definition) is 7. The number of aromatic nitrogens is 4. The van der Waals surface area contributed by atoms with Crippen LogP contribution in [0.1, 0.15) is 24.6 Å². The smallest absolute Gasteiger partial charge is 0.236 e. The third-order valence-electron chi connectivity index (χ3n) is 3.73. The first kappa shape index (κ1) is 17.1. The number of thiazole rings is 1. The number of nitrogens with one attached hydrogen (secondary N) is 1. The van der Waals surface area contributed by atoms with E-state index in [1.165, 1.54) is 4.68 Å². The molecule has 136 valence electrons. The van der Waals surface area contributed by atoms with Gasteiger partial charge < -0.3 is 11.2 Å². The predicted molar refractivity (Wildman–Crippen MR) is 91.0 cm³/mol. The van der Waals surface area contributed by atoms with E-state index < -0.39 is 23.4 Å². The van der Waals surface area contributed by atoms with Crippen LogP contribution < -0.4 is 11.2 Å². The molecule has 0 bridgehead atoms. The molecule has 7 nitrogen and oxygen atoms in total. The Bertz CT molecular complexity index is 1020. The highest BCUT2D eigenvalue weighted by molar-refractivity contribution is 7.99. The number of carbonyl (C=O) groups is 1. The summed E-state index contributed by atoms with van der Waals surface area (Å²) in [4.78, 5) is 15.8. The van der Waals surface area contributed by atoms with E-state index in [-0.39, 0.29) is 21.1 Å². The number of carbonyl (C=O) groups excluding carboxylic acids is 1. The zero-order chi connectivity index (χ0) is 18.4. The van der Waals surface area contributed by atoms with Gasteiger partial charge in [-0.25, -0.2) is 22.8 Å². The molecule has 1 amide bonds. The number of amides is 1. The van der Waals surface area contributed by atoms with Gasteiger partial charge in [0.2, 0.25) is 11.1 Å². The van der Waals surface area contributed by atoms with E-state index in [9.17, 15) is 18.0 Å². The van der Waals surface area contributed by atoms with E-state index in [0.29, 0.717) is 16.9 Å². The van der Waals surface area contributed by atoms with E-state index in [1.807, 2.05) is 0 Å². The van der Waals surface area contributed by atoms with Crippen LogP contribution in [0.5, 0.6) is 0 Å². The summed E-state index contributed by atoms with van der Waals surface area (Å²) in [5.74, 6) is 2.17. The van der Waals surface area contributed by atoms with E-state index in [1.54, 1.807) is 0 Å². The van der Waals surface area contributed by atoms with Crippen LogP contribution in [0.4, 0.5) is 18.3 Å². The number of rotatable bonds is 5. The molecule has 26 heavy (non-hydrogen) atoms. The van der Waals surface area contributed by atoms with Crippen LogP contribution in [-0.4, -0.2) is 31.5 Å². The van der Waals surface area contributed by atoms with Gasteiger partial charge in [-0.05, 0) is 18.9 Å². The van der Waals surface area contributed by atoms with E-state index in [0.717, 1.165) is 42.0 Å². The molecule has 1 saturated carbocycles. The summed E-state index contributed by atoms with van der Waals surface area (Å²) in [6, 6.07) is 0.839. The molecule has 3 N–H and O–H groups in total. The molecule has 0 saturated heterocycles. The summed E-state index contributed by atoms with van der Waals surface area (Å²) in [6.07, 6.45) is 2.05. The van der Waals surface area contributed by atoms with Gasteiger partial charge in [0.05, 0.1) is 10.5 Å². The number of halogens is 3. The largest absolute Gasteiger partial charge is 0.336 e. The molecule has 0 unspecified atom stereocenters. The minimum absolute atomic E-state index is 0.0267. The quantitative estimate of drug-likeness (QED) is 0.388. The second kappa shape index (κ2) is 6.43. The Hall–Kier alpha value is -2.34. The Morgan fingerprint density at radius 3 is 2.85 bits per heavy atom. The average molecular weight is 400 g/mol. The highest BCUT2D eigenvalue weighted by atomic mass is 32.2. The Labute approximate surface area is 152 Å². The van der Waals surface area contributed by atoms with E-state index >= 15 is 0 Å². The molecule has 2 heterocycles. The van der Waals surface area contributed by atoms with Crippen molar-refractivity contribution in [1.82, 2.24) is 19.9 Å². The summed E-state index contributed by atoms with van der Waals surface area (Å²) in [5, 5.41) is 10.9. The van der Waals surface area contributed by atoms with Gasteiger partial charge in [0.15, 0.2) is 28.4 Å². The molecule has 1 aliphatic rings. The van der Waals surface area contributed by atoms with E-state index in [4.69, 9.17) is 5.84 Å². The summed E-state index contributed by atoms with van der Waals surface area (Å²) in [6.45, 7) is 0. The predicted octanol–water partition coefficient (Wildman–Crippen LogP) is 2.63. The number of benzene rings is 1. The van der Waals surface area contributed by atoms with Crippen molar-refractivity contribution < 1.29 is 18.0 Å². The summed E-state index contributed by atoms with van der Waals surface area (Å²) < 4.78 is 41.6. The molecule has 0 radical (unpaired) electrons. The lowest BCUT2D eigenvalue weighted by Gasteiger charge is -2.02. The number of hydrogen-bond donors (Lipinski definition) is 2. The lowest BCUT2D eigenvalue weighted by Crippen LogP contribution is -2.17. The maximum absolute atomic E-state index is 13.7. The Morgan fingerprint density at radius 2 is 2.12 bits per heavy atom. The number of nitrogens with zero attached hydrogens (tertiary/aromatic N) is 4. The van der Waals surface area contributed by atoms with Crippen LogP contribution >= 0.6 is 23.1 Å². The number of thioether (sulfide) groups is 1. The third-order valence-corrected chi connectivity index (χ3v) is 5.59. The molecule has 1 aromatic carbocycles. The van der Waals surface area contributed by atoms with Crippen LogP contribution in [-0.2, 0) is 4.79 Å². The monoisotopic (exact) mass is 400 g/mol. The number of nitrogen functional groups attached to an aromatic ring is 1. The van der Waals surface area contributed by atoms with Crippen molar-refractivity contribution in [2.45, 2.75) is 23.9 Å². The minimum atomic E-state index is -1.59. The van der Waals surface area contributed by atoms with Gasteiger partial charge >= 0.3 is 0 Å². The topological polar surface area (TPSA) is 98.7 Å². The van der Waals surface area contributed by atoms with Crippen LogP contribution in [0.25, 0.3) is 10.2 Å². The zero-order valence-electron chi connectivity index (χ0n) is 13.0. The summed E-state index contributed by atoms with van der Waals surface area (Å²) in [5.41, 5.74) is -0.326. The lowest BCUT2D eigenvalue weighted by molar-refractivity contribution is -0.113. The van der Waals surface area contributed by atoms with Crippen LogP contribution in [0.15, 0.2) is 11.2 Å². The molecular weight excluding hydrogens is 389 g/mol. The summed E-state index contributed by atoms with van der Waals surface area (Å²) >= 11 is 1.94. The fourth-order valence-electron chi connectivity index (χ4n) is 2.32. The fourth-order valence-corrected chi connectivity index (χ4v) is 3.89. The molecule has 0 spiro atoms. The Morgan fingerprint density at radius 1 is 1.35 bits per heavy atom. The van der Waals surface area contributed by atoms with Gasteiger partial charge in [-0.2, -0.15) is 0 Å². The minimum Gasteiger partial charge on any atom is -0.336 e. The molecule has 2 aromatic heterocycles. The molecule has 0 aliphatic heterocycles. The van der Waals surface area contributed by atoms with Crippen molar-refractivity contribution in [1.29, 1.82) is 0 Å². The molecule has 1 fully saturated rings. The fraction of sp³-hybridized carbons (Fsp3) is 0.286. The first-order chi connectivity index (χ1) is 12.4. The molecule has 12 heteroatoms. The zero-order valence-corrected chi connectivity index (χ0v) is 14.6. The number of anilines is 1. The third kappa shape index (κ3) is 3.09. The van der Waals surface area contributed by atoms with Crippen molar-refractivity contribution in [2.24, 2.45) is 0 Å². The van der Waals surface area contributed by atoms with Gasteiger partial charge in [0.25, 0.3) is 0 Å². The lowest BCUT2D eigenvalue weighted by atomic mass is 10.3. The maximum Gasteiger partial charge on any atom is 0.236 e. The van der Waals surface area contributed by atoms with Crippen molar-refractivity contribution in [3.63, 3.8) is 0 Å². The first-order valence-electron chi connectivity index (χ1n) is 7.51. The molecule has 1 aliphatic carbocycles. The molecule has 0 atom stereocenters. The highest BCUT2D eigenvalue weighted by Crippen LogP contribution is 2.39. The van der Waals surface area contributed by atoms with Crippen molar-refractivity contribution in [3.8, 4) is 0 Å². The van der Waals surface area contributed by atoms with Crippen LogP contribution in [0.2, 0.25) is 0 Å². The molecule has 3 aromatic rings. The standard InChI is InChI=1S/C14H11F3N6OS2/c15-6-3-7-11(10(17)9(6)16)20-13(26-7)19-8(24)4-25-14-22-21-12(23(14)18)5-1-2-5/h3,5H,1-2,4,18H2,(H,19,20,24). The van der Waals surface area contributed by atoms with Gasteiger partial charge in [-0.1, -0.05) is 23.1 Å². The van der Waals surface area contributed by atoms with Crippen LogP contribution in [0.3, 0.4) is 0 Å². The van der Waals surface area contributed by atoms with Gasteiger partial charge in [0.1, 0.15) is 5.52 Å². The first-order valence-corrected chi connectivity index (χ1v) is 9.31. The number of nitrogens with two attached hydrogens (primary N) is 1. The Kier molecular flexibility index (Phi) is 4.23. The average Bonchev–Trinajstić information content (AvgIpc) is 3.27. The Balaban J connectivity index is 1.43. The highest BCUT2D eigenvalue weighted by Gasteiger charge is 2.30.